The van der Waals surface area contributed by atoms with Gasteiger partial charge in [-0.2, -0.15) is 0 Å². The van der Waals surface area contributed by atoms with Gasteiger partial charge >= 0.3 is 35.8 Å². The highest BCUT2D eigenvalue weighted by Crippen LogP contribution is 2.20. The van der Waals surface area contributed by atoms with E-state index in [-0.39, 0.29) is 61.4 Å². The molecule has 0 aromatic heterocycles. The fourth-order valence-electron chi connectivity index (χ4n) is 3.84. The Bertz CT molecular complexity index is 1260. The van der Waals surface area contributed by atoms with Crippen LogP contribution in [0, 0.1) is 0 Å². The molecule has 0 fully saturated rings. The molecule has 0 aliphatic carbocycles. The highest BCUT2D eigenvalue weighted by molar-refractivity contribution is 6.12. The number of esters is 6. The normalized spacial score (nSPS) is 10.5. The van der Waals surface area contributed by atoms with Crippen LogP contribution in [0.25, 0.3) is 0 Å². The fraction of sp³-hybridized carbons (Fsp3) is 0.455. The average molecular weight is 631 g/mol. The molecule has 12 nitrogen and oxygen atoms in total. The second-order valence-corrected chi connectivity index (χ2v) is 10.2. The van der Waals surface area contributed by atoms with Crippen LogP contribution in [-0.4, -0.2) is 71.0 Å². The number of hydrogen-bond donors (Lipinski definition) is 3. The first-order chi connectivity index (χ1) is 21.5. The van der Waals surface area contributed by atoms with Crippen LogP contribution in [0.5, 0.6) is 0 Å². The molecule has 0 amide bonds. The molecule has 1 aromatic carbocycles. The van der Waals surface area contributed by atoms with Crippen molar-refractivity contribution < 1.29 is 58.3 Å². The largest absolute Gasteiger partial charge is 0.396 e. The van der Waals surface area contributed by atoms with Crippen LogP contribution in [0.15, 0.2) is 54.7 Å². The molecule has 1 rings (SSSR count). The third kappa shape index (κ3) is 14.4. The van der Waals surface area contributed by atoms with Crippen LogP contribution in [0.1, 0.15) is 108 Å². The van der Waals surface area contributed by atoms with Crippen molar-refractivity contribution in [3.05, 3.63) is 71.3 Å². The lowest BCUT2D eigenvalue weighted by Crippen LogP contribution is -2.21. The van der Waals surface area contributed by atoms with Gasteiger partial charge in [-0.3, -0.25) is 0 Å². The zero-order valence-electron chi connectivity index (χ0n) is 25.5. The number of rotatable bonds is 21. The summed E-state index contributed by atoms with van der Waals surface area (Å²) < 4.78 is 14.6. The van der Waals surface area contributed by atoms with Crippen LogP contribution in [0.2, 0.25) is 0 Å². The molecule has 45 heavy (non-hydrogen) atoms. The number of unbranched alkanes of at least 4 members (excludes halogenated alkanes) is 6. The van der Waals surface area contributed by atoms with E-state index in [0.29, 0.717) is 57.8 Å². The lowest BCUT2D eigenvalue weighted by Gasteiger charge is -2.12. The van der Waals surface area contributed by atoms with Crippen molar-refractivity contribution in [2.24, 2.45) is 0 Å². The maximum absolute atomic E-state index is 13.1. The highest BCUT2D eigenvalue weighted by atomic mass is 16.6. The number of aliphatic hydroxyl groups excluding tert-OH is 3. The Kier molecular flexibility index (Phi) is 18.5. The summed E-state index contributed by atoms with van der Waals surface area (Å²) in [5, 5.41) is 26.6. The van der Waals surface area contributed by atoms with Crippen LogP contribution in [0.4, 0.5) is 0 Å². The van der Waals surface area contributed by atoms with Gasteiger partial charge in [-0.1, -0.05) is 39.0 Å². The van der Waals surface area contributed by atoms with E-state index in [1.165, 1.54) is 0 Å². The van der Waals surface area contributed by atoms with E-state index in [2.05, 4.69) is 19.7 Å². The van der Waals surface area contributed by atoms with Gasteiger partial charge in [0.05, 0.1) is 16.7 Å². The first-order valence-corrected chi connectivity index (χ1v) is 14.8. The average Bonchev–Trinajstić information content (AvgIpc) is 3.02. The molecule has 0 aliphatic rings. The van der Waals surface area contributed by atoms with Gasteiger partial charge in [0, 0.05) is 36.5 Å². The van der Waals surface area contributed by atoms with E-state index in [4.69, 9.17) is 29.5 Å². The van der Waals surface area contributed by atoms with Gasteiger partial charge in [0.1, 0.15) is 0 Å². The van der Waals surface area contributed by atoms with Crippen molar-refractivity contribution in [1.29, 1.82) is 0 Å². The van der Waals surface area contributed by atoms with Crippen LogP contribution < -0.4 is 0 Å². The summed E-state index contributed by atoms with van der Waals surface area (Å²) in [7, 11) is 0. The molecule has 0 radical (unpaired) electrons. The molecule has 12 heteroatoms. The van der Waals surface area contributed by atoms with Crippen molar-refractivity contribution in [3.8, 4) is 0 Å². The fourth-order valence-corrected chi connectivity index (χ4v) is 3.84. The van der Waals surface area contributed by atoms with E-state index >= 15 is 0 Å². The van der Waals surface area contributed by atoms with E-state index in [1.807, 2.05) is 0 Å². The molecule has 0 saturated carbocycles. The van der Waals surface area contributed by atoms with E-state index in [9.17, 15) is 28.8 Å². The summed E-state index contributed by atoms with van der Waals surface area (Å²) in [6, 6.07) is 2.91. The lowest BCUT2D eigenvalue weighted by molar-refractivity contribution is -0.135. The summed E-state index contributed by atoms with van der Waals surface area (Å²) in [6.45, 7) is 10.8. The maximum Gasteiger partial charge on any atom is 0.346 e. The van der Waals surface area contributed by atoms with Gasteiger partial charge in [0.25, 0.3) is 0 Å². The summed E-state index contributed by atoms with van der Waals surface area (Å²) in [5.41, 5.74) is -1.54. The predicted molar refractivity (Wildman–Crippen MR) is 162 cm³/mol. The summed E-state index contributed by atoms with van der Waals surface area (Å²) in [6.07, 6.45) is 5.57. The Labute approximate surface area is 262 Å². The van der Waals surface area contributed by atoms with Gasteiger partial charge in [-0.15, -0.1) is 0 Å². The molecule has 0 unspecified atom stereocenters. The molecular formula is C33H42O12. The Balaban J connectivity index is 3.16. The molecular weight excluding hydrogens is 588 g/mol. The van der Waals surface area contributed by atoms with Crippen molar-refractivity contribution in [2.45, 2.75) is 77.0 Å². The van der Waals surface area contributed by atoms with Gasteiger partial charge in [0.15, 0.2) is 0 Å². The Morgan fingerprint density at radius 2 is 0.844 bits per heavy atom. The van der Waals surface area contributed by atoms with Gasteiger partial charge in [0.2, 0.25) is 0 Å². The zero-order chi connectivity index (χ0) is 33.8. The smallest absolute Gasteiger partial charge is 0.346 e. The summed E-state index contributed by atoms with van der Waals surface area (Å²) in [4.78, 5) is 76.0. The second-order valence-electron chi connectivity index (χ2n) is 10.2. The van der Waals surface area contributed by atoms with Gasteiger partial charge < -0.3 is 29.5 Å². The number of carbonyl (C=O) groups is 6. The van der Waals surface area contributed by atoms with Crippen molar-refractivity contribution in [1.82, 2.24) is 0 Å². The third-order valence-electron chi connectivity index (χ3n) is 6.53. The predicted octanol–water partition coefficient (Wildman–Crippen LogP) is 4.06. The maximum atomic E-state index is 13.1. The molecule has 0 spiro atoms. The Morgan fingerprint density at radius 3 is 1.22 bits per heavy atom. The molecule has 0 heterocycles. The minimum Gasteiger partial charge on any atom is -0.396 e. The molecule has 0 aliphatic heterocycles. The quantitative estimate of drug-likeness (QED) is 0.0581. The molecule has 246 valence electrons. The first-order valence-electron chi connectivity index (χ1n) is 14.8. The number of benzene rings is 1. The summed E-state index contributed by atoms with van der Waals surface area (Å²) >= 11 is 0. The molecule has 0 saturated heterocycles. The molecule has 0 bridgehead atoms. The lowest BCUT2D eigenvalue weighted by atomic mass is 10.0. The molecule has 3 N–H and O–H groups in total. The van der Waals surface area contributed by atoms with Crippen molar-refractivity contribution >= 4 is 35.8 Å². The van der Waals surface area contributed by atoms with Gasteiger partial charge in [-0.25, -0.2) is 28.8 Å². The molecule has 0 atom stereocenters. The highest BCUT2D eigenvalue weighted by Gasteiger charge is 2.27. The van der Waals surface area contributed by atoms with Gasteiger partial charge in [-0.05, 0) is 76.0 Å². The number of hydrogen-bond acceptors (Lipinski definition) is 12. The van der Waals surface area contributed by atoms with E-state index < -0.39 is 46.9 Å². The topological polar surface area (TPSA) is 191 Å². The minimum atomic E-state index is -1.35. The van der Waals surface area contributed by atoms with E-state index in [1.54, 1.807) is 0 Å². The molecule has 1 aromatic rings. The van der Waals surface area contributed by atoms with Crippen molar-refractivity contribution in [3.63, 3.8) is 0 Å². The van der Waals surface area contributed by atoms with E-state index in [0.717, 1.165) is 18.2 Å². The zero-order valence-corrected chi connectivity index (χ0v) is 25.5. The first kappa shape index (κ1) is 38.8. The monoisotopic (exact) mass is 630 g/mol. The Hall–Kier alpha value is -4.26. The standard InChI is InChI=1S/C33H42O12/c1-22(13-7-4-10-18-34)28(37)43-31(40)25-16-17-26(32(41)44-29(38)23(2)14-8-5-11-19-35)27(21-25)33(42)45-30(39)24(3)15-9-6-12-20-36/h16-17,21,34-36H,1-15,18-20H2. The SMILES string of the molecule is C=C(CCCCCO)C(=O)OC(=O)c1ccc(C(=O)OC(=O)C(=C)CCCCCO)c(C(=O)OC(=O)C(=C)CCCCCO)c1. The van der Waals surface area contributed by atoms with Crippen LogP contribution in [0.3, 0.4) is 0 Å². The van der Waals surface area contributed by atoms with Crippen LogP contribution in [-0.2, 0) is 28.6 Å². The number of carbonyl (C=O) groups excluding carboxylic acids is 6. The minimum absolute atomic E-state index is 0.00237. The number of aliphatic hydroxyl groups is 3. The summed E-state index contributed by atoms with van der Waals surface area (Å²) in [5.74, 6) is -6.97. The van der Waals surface area contributed by atoms with Crippen molar-refractivity contribution in [2.75, 3.05) is 19.8 Å². The van der Waals surface area contributed by atoms with Crippen LogP contribution >= 0.6 is 0 Å². The third-order valence-corrected chi connectivity index (χ3v) is 6.53. The second kappa shape index (κ2) is 21.4. The number of ether oxygens (including phenoxy) is 3. The Morgan fingerprint density at radius 1 is 0.489 bits per heavy atom.